The topological polar surface area (TPSA) is 54.6 Å². The van der Waals surface area contributed by atoms with Crippen molar-refractivity contribution in [3.8, 4) is 11.8 Å². The Kier molecular flexibility index (Phi) is 6.83. The first kappa shape index (κ1) is 19.7. The van der Waals surface area contributed by atoms with Gasteiger partial charge < -0.3 is 9.57 Å². The highest BCUT2D eigenvalue weighted by atomic mass is 79.9. The van der Waals surface area contributed by atoms with Gasteiger partial charge in [-0.3, -0.25) is 0 Å². The van der Waals surface area contributed by atoms with Gasteiger partial charge in [0.25, 0.3) is 0 Å². The van der Waals surface area contributed by atoms with Crippen LogP contribution in [-0.2, 0) is 18.1 Å². The lowest BCUT2D eigenvalue weighted by Crippen LogP contribution is -1.99. The van der Waals surface area contributed by atoms with E-state index >= 15 is 0 Å². The minimum Gasteiger partial charge on any atom is -0.488 e. The first-order valence-corrected chi connectivity index (χ1v) is 9.56. The molecule has 0 N–H and O–H groups in total. The van der Waals surface area contributed by atoms with Gasteiger partial charge in [0.05, 0.1) is 17.8 Å². The van der Waals surface area contributed by atoms with E-state index < -0.39 is 0 Å². The summed E-state index contributed by atoms with van der Waals surface area (Å²) < 4.78 is 6.88. The van der Waals surface area contributed by atoms with Gasteiger partial charge in [-0.05, 0) is 36.8 Å². The number of aryl methyl sites for hydroxylation is 1. The summed E-state index contributed by atoms with van der Waals surface area (Å²) >= 11 is 3.47. The Balaban J connectivity index is 1.65. The predicted octanol–water partition coefficient (Wildman–Crippen LogP) is 5.76. The Morgan fingerprint density at radius 3 is 2.61 bits per heavy atom. The van der Waals surface area contributed by atoms with E-state index in [9.17, 15) is 0 Å². The van der Waals surface area contributed by atoms with Crippen LogP contribution < -0.4 is 4.74 Å². The van der Waals surface area contributed by atoms with Crippen molar-refractivity contribution in [1.29, 1.82) is 5.26 Å². The van der Waals surface area contributed by atoms with Crippen LogP contribution in [0.15, 0.2) is 76.4 Å². The molecule has 0 spiro atoms. The van der Waals surface area contributed by atoms with Crippen molar-refractivity contribution in [2.24, 2.45) is 5.16 Å². The molecule has 0 bridgehead atoms. The summed E-state index contributed by atoms with van der Waals surface area (Å²) in [6.45, 7) is 2.76. The lowest BCUT2D eigenvalue weighted by molar-refractivity contribution is 0.132. The molecule has 3 aromatic rings. The number of ether oxygens (including phenoxy) is 1. The molecule has 5 heteroatoms. The molecule has 3 aromatic carbocycles. The number of benzene rings is 3. The number of nitrogens with zero attached hydrogens (tertiary/aromatic N) is 2. The van der Waals surface area contributed by atoms with Crippen LogP contribution in [0.4, 0.5) is 0 Å². The van der Waals surface area contributed by atoms with Gasteiger partial charge >= 0.3 is 0 Å². The van der Waals surface area contributed by atoms with Gasteiger partial charge in [-0.15, -0.1) is 0 Å². The number of halogens is 1. The molecule has 0 atom stereocenters. The highest BCUT2D eigenvalue weighted by Gasteiger charge is 2.05. The first-order valence-electron chi connectivity index (χ1n) is 8.77. The predicted molar refractivity (Wildman–Crippen MR) is 113 cm³/mol. The van der Waals surface area contributed by atoms with Crippen LogP contribution in [-0.4, -0.2) is 6.21 Å². The van der Waals surface area contributed by atoms with Crippen LogP contribution >= 0.6 is 15.9 Å². The summed E-state index contributed by atoms with van der Waals surface area (Å²) in [5.41, 5.74) is 4.50. The third-order valence-corrected chi connectivity index (χ3v) is 4.60. The lowest BCUT2D eigenvalue weighted by Gasteiger charge is -2.10. The summed E-state index contributed by atoms with van der Waals surface area (Å²) in [6, 6.07) is 23.4. The molecule has 0 aliphatic rings. The van der Waals surface area contributed by atoms with Crippen LogP contribution in [0.1, 0.15) is 27.8 Å². The van der Waals surface area contributed by atoms with Crippen LogP contribution in [0.5, 0.6) is 5.75 Å². The smallest absolute Gasteiger partial charge is 0.143 e. The van der Waals surface area contributed by atoms with Crippen molar-refractivity contribution in [3.63, 3.8) is 0 Å². The van der Waals surface area contributed by atoms with Gasteiger partial charge in [0, 0.05) is 15.6 Å². The minimum absolute atomic E-state index is 0.230. The Morgan fingerprint density at radius 1 is 1.04 bits per heavy atom. The van der Waals surface area contributed by atoms with Gasteiger partial charge in [0.2, 0.25) is 0 Å². The SMILES string of the molecule is Cc1ccc(COc2ccc(Br)cc2/C=N\OCc2ccccc2C#N)cc1. The molecule has 0 fully saturated rings. The number of oxime groups is 1. The van der Waals surface area contributed by atoms with E-state index in [1.165, 1.54) is 5.56 Å². The second-order valence-electron chi connectivity index (χ2n) is 6.23. The van der Waals surface area contributed by atoms with E-state index in [2.05, 4.69) is 58.3 Å². The summed E-state index contributed by atoms with van der Waals surface area (Å²) in [5.74, 6) is 0.716. The molecule has 0 heterocycles. The zero-order chi connectivity index (χ0) is 19.8. The molecule has 0 aromatic heterocycles. The first-order chi connectivity index (χ1) is 13.7. The molecule has 28 heavy (non-hydrogen) atoms. The van der Waals surface area contributed by atoms with Gasteiger partial charge in [-0.25, -0.2) is 0 Å². The van der Waals surface area contributed by atoms with E-state index in [-0.39, 0.29) is 6.61 Å². The van der Waals surface area contributed by atoms with Gasteiger partial charge in [0.1, 0.15) is 19.0 Å². The van der Waals surface area contributed by atoms with Crippen LogP contribution in [0.3, 0.4) is 0 Å². The second kappa shape index (κ2) is 9.72. The highest BCUT2D eigenvalue weighted by molar-refractivity contribution is 9.10. The standard InChI is InChI=1S/C23H19BrN2O2/c1-17-6-8-18(9-7-17)15-27-23-11-10-22(24)12-21(23)14-26-28-16-20-5-3-2-4-19(20)13-25/h2-12,14H,15-16H2,1H3/b26-14-. The van der Waals surface area contributed by atoms with Crippen molar-refractivity contribution in [3.05, 3.63) is 99.0 Å². The van der Waals surface area contributed by atoms with Crippen molar-refractivity contribution in [2.45, 2.75) is 20.1 Å². The molecule has 0 amide bonds. The van der Waals surface area contributed by atoms with E-state index in [4.69, 9.17) is 14.8 Å². The molecule has 3 rings (SSSR count). The average molecular weight is 435 g/mol. The molecular weight excluding hydrogens is 416 g/mol. The molecule has 0 radical (unpaired) electrons. The zero-order valence-corrected chi connectivity index (χ0v) is 17.0. The Hall–Kier alpha value is -3.10. The fraction of sp³-hybridized carbons (Fsp3) is 0.130. The summed E-state index contributed by atoms with van der Waals surface area (Å²) in [4.78, 5) is 5.38. The largest absolute Gasteiger partial charge is 0.488 e. The average Bonchev–Trinajstić information content (AvgIpc) is 2.72. The third-order valence-electron chi connectivity index (χ3n) is 4.11. The number of nitriles is 1. The van der Waals surface area contributed by atoms with Crippen molar-refractivity contribution >= 4 is 22.1 Å². The fourth-order valence-electron chi connectivity index (χ4n) is 2.55. The Labute approximate surface area is 173 Å². The summed E-state index contributed by atoms with van der Waals surface area (Å²) in [6.07, 6.45) is 1.62. The molecule has 0 saturated carbocycles. The van der Waals surface area contributed by atoms with Gasteiger partial charge in [-0.2, -0.15) is 5.26 Å². The van der Waals surface area contributed by atoms with Crippen molar-refractivity contribution in [2.75, 3.05) is 0 Å². The quantitative estimate of drug-likeness (QED) is 0.350. The van der Waals surface area contributed by atoms with Crippen molar-refractivity contribution in [1.82, 2.24) is 0 Å². The van der Waals surface area contributed by atoms with Gasteiger partial charge in [-0.1, -0.05) is 69.1 Å². The molecule has 140 valence electrons. The molecule has 0 unspecified atom stereocenters. The molecular formula is C23H19BrN2O2. The van der Waals surface area contributed by atoms with Crippen LogP contribution in [0.25, 0.3) is 0 Å². The highest BCUT2D eigenvalue weighted by Crippen LogP contribution is 2.23. The monoisotopic (exact) mass is 434 g/mol. The Morgan fingerprint density at radius 2 is 1.82 bits per heavy atom. The number of rotatable bonds is 7. The van der Waals surface area contributed by atoms with E-state index in [1.54, 1.807) is 12.3 Å². The molecule has 0 saturated heterocycles. The zero-order valence-electron chi connectivity index (χ0n) is 15.4. The van der Waals surface area contributed by atoms with Gasteiger partial charge in [0.15, 0.2) is 0 Å². The third kappa shape index (κ3) is 5.45. The molecule has 0 aliphatic heterocycles. The minimum atomic E-state index is 0.230. The fourth-order valence-corrected chi connectivity index (χ4v) is 2.93. The summed E-state index contributed by atoms with van der Waals surface area (Å²) in [5, 5.41) is 13.2. The molecule has 0 aliphatic carbocycles. The van der Waals surface area contributed by atoms with Crippen LogP contribution in [0.2, 0.25) is 0 Å². The van der Waals surface area contributed by atoms with E-state index in [0.717, 1.165) is 21.2 Å². The maximum Gasteiger partial charge on any atom is 0.143 e. The summed E-state index contributed by atoms with van der Waals surface area (Å²) in [7, 11) is 0. The van der Waals surface area contributed by atoms with Crippen LogP contribution in [0, 0.1) is 18.3 Å². The maximum atomic E-state index is 9.12. The maximum absolute atomic E-state index is 9.12. The van der Waals surface area contributed by atoms with Crippen molar-refractivity contribution < 1.29 is 9.57 Å². The second-order valence-corrected chi connectivity index (χ2v) is 7.15. The van der Waals surface area contributed by atoms with E-state index in [0.29, 0.717) is 17.9 Å². The lowest BCUT2D eigenvalue weighted by atomic mass is 10.1. The number of hydrogen-bond donors (Lipinski definition) is 0. The normalized spacial score (nSPS) is 10.6. The number of hydrogen-bond acceptors (Lipinski definition) is 4. The molecule has 4 nitrogen and oxygen atoms in total. The van der Waals surface area contributed by atoms with E-state index in [1.807, 2.05) is 36.4 Å². The Bertz CT molecular complexity index is 1010.